The summed E-state index contributed by atoms with van der Waals surface area (Å²) in [4.78, 5) is 12.6. The van der Waals surface area contributed by atoms with Crippen molar-refractivity contribution in [2.75, 3.05) is 0 Å². The molecule has 0 radical (unpaired) electrons. The zero-order chi connectivity index (χ0) is 17.8. The molecule has 1 saturated carbocycles. The lowest BCUT2D eigenvalue weighted by molar-refractivity contribution is -0.121. The van der Waals surface area contributed by atoms with E-state index in [1.165, 1.54) is 24.6 Å². The van der Waals surface area contributed by atoms with E-state index >= 15 is 0 Å². The molecule has 1 fully saturated rings. The topological polar surface area (TPSA) is 72.7 Å². The number of tetrazole rings is 1. The Bertz CT molecular complexity index is 705. The Morgan fingerprint density at radius 1 is 1.28 bits per heavy atom. The van der Waals surface area contributed by atoms with Crippen LogP contribution in [0.5, 0.6) is 0 Å². The van der Waals surface area contributed by atoms with E-state index in [1.54, 1.807) is 4.68 Å². The van der Waals surface area contributed by atoms with Crippen molar-refractivity contribution in [1.29, 1.82) is 0 Å². The third-order valence-electron chi connectivity index (χ3n) is 5.13. The van der Waals surface area contributed by atoms with Crippen molar-refractivity contribution in [3.05, 3.63) is 30.3 Å². The van der Waals surface area contributed by atoms with Gasteiger partial charge in [0.1, 0.15) is 0 Å². The minimum Gasteiger partial charge on any atom is -0.352 e. The van der Waals surface area contributed by atoms with Crippen LogP contribution in [0.3, 0.4) is 0 Å². The van der Waals surface area contributed by atoms with Crippen LogP contribution in [-0.4, -0.2) is 37.4 Å². The Hall–Kier alpha value is -1.89. The molecule has 1 heterocycles. The zero-order valence-electron chi connectivity index (χ0n) is 14.9. The fourth-order valence-corrected chi connectivity index (χ4v) is 4.10. The Morgan fingerprint density at radius 2 is 2.04 bits per heavy atom. The van der Waals surface area contributed by atoms with E-state index in [4.69, 9.17) is 0 Å². The third-order valence-corrected chi connectivity index (χ3v) is 6.16. The van der Waals surface area contributed by atoms with E-state index in [9.17, 15) is 4.79 Å². The zero-order valence-corrected chi connectivity index (χ0v) is 15.7. The molecule has 25 heavy (non-hydrogen) atoms. The molecule has 7 heteroatoms. The summed E-state index contributed by atoms with van der Waals surface area (Å²) >= 11 is 1.39. The Kier molecular flexibility index (Phi) is 5.73. The number of amides is 1. The second kappa shape index (κ2) is 7.99. The molecule has 0 aliphatic heterocycles. The molecule has 1 aromatic heterocycles. The molecule has 0 spiro atoms. The summed E-state index contributed by atoms with van der Waals surface area (Å²) in [5.41, 5.74) is 0.886. The van der Waals surface area contributed by atoms with Crippen molar-refractivity contribution in [3.63, 3.8) is 0 Å². The highest BCUT2D eigenvalue weighted by Gasteiger charge is 2.30. The lowest BCUT2D eigenvalue weighted by atomic mass is 9.78. The van der Waals surface area contributed by atoms with Gasteiger partial charge in [-0.2, -0.15) is 4.68 Å². The van der Waals surface area contributed by atoms with Gasteiger partial charge in [0.15, 0.2) is 0 Å². The largest absolute Gasteiger partial charge is 0.352 e. The van der Waals surface area contributed by atoms with E-state index in [0.29, 0.717) is 17.0 Å². The van der Waals surface area contributed by atoms with E-state index in [1.807, 2.05) is 37.3 Å². The average Bonchev–Trinajstić information content (AvgIpc) is 3.07. The predicted molar refractivity (Wildman–Crippen MR) is 98.6 cm³/mol. The summed E-state index contributed by atoms with van der Waals surface area (Å²) in [5.74, 6) is 1.23. The van der Waals surface area contributed by atoms with Crippen molar-refractivity contribution >= 4 is 17.7 Å². The summed E-state index contributed by atoms with van der Waals surface area (Å²) in [6.45, 7) is 6.42. The van der Waals surface area contributed by atoms with Gasteiger partial charge in [0, 0.05) is 6.04 Å². The van der Waals surface area contributed by atoms with Crippen molar-refractivity contribution in [2.24, 2.45) is 11.8 Å². The fraction of sp³-hybridized carbons (Fsp3) is 0.556. The van der Waals surface area contributed by atoms with Gasteiger partial charge in [-0.25, -0.2) is 0 Å². The average molecular weight is 359 g/mol. The number of rotatable bonds is 5. The van der Waals surface area contributed by atoms with Crippen molar-refractivity contribution in [1.82, 2.24) is 25.5 Å². The first-order valence-corrected chi connectivity index (χ1v) is 9.75. The Morgan fingerprint density at radius 3 is 2.80 bits per heavy atom. The molecule has 0 saturated heterocycles. The van der Waals surface area contributed by atoms with Gasteiger partial charge in [-0.05, 0) is 47.7 Å². The molecular formula is C18H25N5OS. The number of nitrogens with zero attached hydrogens (tertiary/aromatic N) is 4. The van der Waals surface area contributed by atoms with Crippen LogP contribution in [0.2, 0.25) is 0 Å². The molecule has 0 unspecified atom stereocenters. The first-order valence-electron chi connectivity index (χ1n) is 8.87. The van der Waals surface area contributed by atoms with E-state index < -0.39 is 0 Å². The van der Waals surface area contributed by atoms with Crippen molar-refractivity contribution < 1.29 is 4.79 Å². The second-order valence-electron chi connectivity index (χ2n) is 6.85. The molecule has 0 bridgehead atoms. The summed E-state index contributed by atoms with van der Waals surface area (Å²) < 4.78 is 1.67. The summed E-state index contributed by atoms with van der Waals surface area (Å²) in [6, 6.07) is 9.97. The quantitative estimate of drug-likeness (QED) is 0.831. The molecule has 4 atom stereocenters. The Labute approximate surface area is 152 Å². The predicted octanol–water partition coefficient (Wildman–Crippen LogP) is 3.08. The first-order chi connectivity index (χ1) is 12.1. The Balaban J connectivity index is 1.64. The monoisotopic (exact) mass is 359 g/mol. The highest BCUT2D eigenvalue weighted by molar-refractivity contribution is 8.00. The van der Waals surface area contributed by atoms with E-state index in [0.717, 1.165) is 12.1 Å². The van der Waals surface area contributed by atoms with Gasteiger partial charge >= 0.3 is 0 Å². The number of benzene rings is 1. The highest BCUT2D eigenvalue weighted by atomic mass is 32.2. The van der Waals surface area contributed by atoms with Gasteiger partial charge in [-0.1, -0.05) is 56.7 Å². The molecule has 1 amide bonds. The maximum atomic E-state index is 12.6. The number of nitrogens with one attached hydrogen (secondary N) is 1. The number of para-hydroxylation sites is 1. The molecule has 134 valence electrons. The number of aromatic nitrogens is 4. The van der Waals surface area contributed by atoms with E-state index in [2.05, 4.69) is 34.7 Å². The van der Waals surface area contributed by atoms with Crippen LogP contribution in [0, 0.1) is 11.8 Å². The minimum atomic E-state index is -0.252. The molecule has 6 nitrogen and oxygen atoms in total. The van der Waals surface area contributed by atoms with Crippen LogP contribution in [0.4, 0.5) is 0 Å². The van der Waals surface area contributed by atoms with Gasteiger partial charge < -0.3 is 5.32 Å². The number of hydrogen-bond donors (Lipinski definition) is 1. The number of hydrogen-bond acceptors (Lipinski definition) is 5. The van der Waals surface area contributed by atoms with Crippen molar-refractivity contribution in [3.8, 4) is 5.69 Å². The molecule has 1 aliphatic rings. The van der Waals surface area contributed by atoms with Gasteiger partial charge in [0.25, 0.3) is 0 Å². The van der Waals surface area contributed by atoms with Crippen LogP contribution in [-0.2, 0) is 4.79 Å². The SMILES string of the molecule is C[C@@H]1[C@@H](C)CCC[C@H]1NC(=O)[C@@H](C)Sc1nnnn1-c1ccccc1. The van der Waals surface area contributed by atoms with Crippen LogP contribution in [0.25, 0.3) is 5.69 Å². The van der Waals surface area contributed by atoms with Gasteiger partial charge in [-0.15, -0.1) is 5.10 Å². The lowest BCUT2D eigenvalue weighted by Crippen LogP contribution is -2.46. The van der Waals surface area contributed by atoms with Crippen LogP contribution in [0.1, 0.15) is 40.0 Å². The fourth-order valence-electron chi connectivity index (χ4n) is 3.28. The number of carbonyl (C=O) groups is 1. The maximum Gasteiger partial charge on any atom is 0.233 e. The van der Waals surface area contributed by atoms with Gasteiger partial charge in [0.2, 0.25) is 11.1 Å². The number of thioether (sulfide) groups is 1. The molecule has 1 aliphatic carbocycles. The van der Waals surface area contributed by atoms with Crippen molar-refractivity contribution in [2.45, 2.75) is 56.5 Å². The van der Waals surface area contributed by atoms with Crippen LogP contribution in [0.15, 0.2) is 35.5 Å². The second-order valence-corrected chi connectivity index (χ2v) is 8.16. The highest BCUT2D eigenvalue weighted by Crippen LogP contribution is 2.30. The maximum absolute atomic E-state index is 12.6. The van der Waals surface area contributed by atoms with Gasteiger partial charge in [-0.3, -0.25) is 4.79 Å². The molecule has 1 N–H and O–H groups in total. The summed E-state index contributed by atoms with van der Waals surface area (Å²) in [7, 11) is 0. The van der Waals surface area contributed by atoms with Gasteiger partial charge in [0.05, 0.1) is 10.9 Å². The normalized spacial score (nSPS) is 24.7. The smallest absolute Gasteiger partial charge is 0.233 e. The summed E-state index contributed by atoms with van der Waals surface area (Å²) in [5, 5.41) is 15.5. The van der Waals surface area contributed by atoms with E-state index in [-0.39, 0.29) is 17.2 Å². The minimum absolute atomic E-state index is 0.0542. The van der Waals surface area contributed by atoms with Crippen LogP contribution < -0.4 is 5.32 Å². The standard InChI is InChI=1S/C18H25N5OS/c1-12-8-7-11-16(13(12)2)19-17(24)14(3)25-18-20-21-22-23(18)15-9-5-4-6-10-15/h4-6,9-10,12-14,16H,7-8,11H2,1-3H3,(H,19,24)/t12-,13+,14+,16+/m0/s1. The molecule has 1 aromatic carbocycles. The summed E-state index contributed by atoms with van der Waals surface area (Å²) in [6.07, 6.45) is 3.50. The molecule has 3 rings (SSSR count). The molecule has 2 aromatic rings. The lowest BCUT2D eigenvalue weighted by Gasteiger charge is -2.35. The number of carbonyl (C=O) groups excluding carboxylic acids is 1. The third kappa shape index (κ3) is 4.21. The van der Waals surface area contributed by atoms with Crippen LogP contribution >= 0.6 is 11.8 Å². The molecular weight excluding hydrogens is 334 g/mol. The first kappa shape index (κ1) is 17.9.